The van der Waals surface area contributed by atoms with Crippen LogP contribution < -0.4 is 5.69 Å². The van der Waals surface area contributed by atoms with Gasteiger partial charge < -0.3 is 9.88 Å². The molecule has 0 aliphatic carbocycles. The average molecular weight is 393 g/mol. The molecule has 3 aromatic rings. The van der Waals surface area contributed by atoms with Gasteiger partial charge in [0, 0.05) is 42.8 Å². The number of hydrogen-bond donors (Lipinski definition) is 1. The summed E-state index contributed by atoms with van der Waals surface area (Å²) in [6.07, 6.45) is -2.16. The molecule has 0 unspecified atom stereocenters. The summed E-state index contributed by atoms with van der Waals surface area (Å²) in [4.78, 5) is 29.6. The molecule has 0 radical (unpaired) electrons. The number of aromatic nitrogens is 4. The van der Waals surface area contributed by atoms with E-state index in [0.717, 1.165) is 22.6 Å². The van der Waals surface area contributed by atoms with Crippen LogP contribution in [0.4, 0.5) is 13.2 Å². The molecule has 7 nitrogen and oxygen atoms in total. The van der Waals surface area contributed by atoms with Crippen LogP contribution in [0.5, 0.6) is 0 Å². The van der Waals surface area contributed by atoms with Gasteiger partial charge in [0.15, 0.2) is 0 Å². The van der Waals surface area contributed by atoms with E-state index in [2.05, 4.69) is 10.1 Å². The van der Waals surface area contributed by atoms with Crippen molar-refractivity contribution in [2.45, 2.75) is 25.1 Å². The zero-order valence-corrected chi connectivity index (χ0v) is 15.0. The van der Waals surface area contributed by atoms with Gasteiger partial charge in [-0.15, -0.1) is 5.10 Å². The predicted molar refractivity (Wildman–Crippen MR) is 94.9 cm³/mol. The van der Waals surface area contributed by atoms with Crippen molar-refractivity contribution in [2.24, 2.45) is 7.05 Å². The first-order valence-corrected chi connectivity index (χ1v) is 8.85. The molecular formula is C18H18F3N5O2. The average Bonchev–Trinajstić information content (AvgIpc) is 3.25. The Hall–Kier alpha value is -3.04. The van der Waals surface area contributed by atoms with Gasteiger partial charge in [-0.3, -0.25) is 9.36 Å². The van der Waals surface area contributed by atoms with E-state index in [9.17, 15) is 22.8 Å². The van der Waals surface area contributed by atoms with Crippen molar-refractivity contribution < 1.29 is 18.0 Å². The number of fused-ring (bicyclic) bond motifs is 1. The normalized spacial score (nSPS) is 16.1. The van der Waals surface area contributed by atoms with Gasteiger partial charge in [-0.2, -0.15) is 13.2 Å². The first-order chi connectivity index (χ1) is 13.3. The van der Waals surface area contributed by atoms with Crippen molar-refractivity contribution in [1.29, 1.82) is 0 Å². The molecule has 1 saturated heterocycles. The number of benzene rings is 1. The molecule has 10 heteroatoms. The predicted octanol–water partition coefficient (Wildman–Crippen LogP) is 2.56. The number of alkyl halides is 3. The standard InChI is InChI=1S/C18H18F3N5O2/c1-24-16(18(19,20)21)23-26(17(24)28)13-5-8-25(9-6-13)15(27)12-2-3-14-11(10-12)4-7-22-14/h2-4,7,10,13,22H,5-6,8-9H2,1H3. The van der Waals surface area contributed by atoms with Gasteiger partial charge in [0.1, 0.15) is 0 Å². The van der Waals surface area contributed by atoms with E-state index in [-0.39, 0.29) is 5.91 Å². The number of hydrogen-bond acceptors (Lipinski definition) is 3. The van der Waals surface area contributed by atoms with Crippen molar-refractivity contribution in [3.63, 3.8) is 0 Å². The molecule has 2 aromatic heterocycles. The van der Waals surface area contributed by atoms with Gasteiger partial charge in [0.05, 0.1) is 6.04 Å². The van der Waals surface area contributed by atoms with E-state index in [4.69, 9.17) is 0 Å². The molecule has 0 bridgehead atoms. The largest absolute Gasteiger partial charge is 0.451 e. The number of nitrogens with one attached hydrogen (secondary N) is 1. The fourth-order valence-electron chi connectivity index (χ4n) is 3.62. The number of nitrogens with zero attached hydrogens (tertiary/aromatic N) is 4. The summed E-state index contributed by atoms with van der Waals surface area (Å²) in [7, 11) is 1.06. The van der Waals surface area contributed by atoms with E-state index >= 15 is 0 Å². The van der Waals surface area contributed by atoms with Crippen molar-refractivity contribution in [3.05, 3.63) is 52.3 Å². The Morgan fingerprint density at radius 3 is 2.57 bits per heavy atom. The van der Waals surface area contributed by atoms with Crippen LogP contribution in [-0.4, -0.2) is 43.2 Å². The highest BCUT2D eigenvalue weighted by atomic mass is 19.4. The minimum absolute atomic E-state index is 0.133. The van der Waals surface area contributed by atoms with E-state index in [1.807, 2.05) is 12.1 Å². The molecule has 1 aliphatic heterocycles. The molecule has 1 N–H and O–H groups in total. The minimum atomic E-state index is -4.69. The maximum atomic E-state index is 13.0. The highest BCUT2D eigenvalue weighted by molar-refractivity contribution is 5.98. The second-order valence-corrected chi connectivity index (χ2v) is 6.91. The number of piperidine rings is 1. The highest BCUT2D eigenvalue weighted by Gasteiger charge is 2.39. The summed E-state index contributed by atoms with van der Waals surface area (Å²) < 4.78 is 40.3. The maximum Gasteiger partial charge on any atom is 0.451 e. The van der Waals surface area contributed by atoms with E-state index in [1.165, 1.54) is 0 Å². The van der Waals surface area contributed by atoms with Crippen LogP contribution in [0.15, 0.2) is 35.3 Å². The van der Waals surface area contributed by atoms with E-state index < -0.39 is 23.7 Å². The van der Waals surface area contributed by atoms with Crippen molar-refractivity contribution in [1.82, 2.24) is 24.2 Å². The molecule has 0 atom stereocenters. The molecule has 0 spiro atoms. The van der Waals surface area contributed by atoms with Crippen molar-refractivity contribution >= 4 is 16.8 Å². The summed E-state index contributed by atoms with van der Waals surface area (Å²) in [5.41, 5.74) is 0.695. The topological polar surface area (TPSA) is 75.9 Å². The lowest BCUT2D eigenvalue weighted by Crippen LogP contribution is -2.41. The monoisotopic (exact) mass is 393 g/mol. The van der Waals surface area contributed by atoms with Crippen LogP contribution in [0, 0.1) is 0 Å². The number of rotatable bonds is 2. The molecule has 1 aliphatic rings. The fraction of sp³-hybridized carbons (Fsp3) is 0.389. The van der Waals surface area contributed by atoms with Crippen molar-refractivity contribution in [2.75, 3.05) is 13.1 Å². The van der Waals surface area contributed by atoms with Crippen LogP contribution >= 0.6 is 0 Å². The van der Waals surface area contributed by atoms with Gasteiger partial charge in [0.25, 0.3) is 5.91 Å². The Morgan fingerprint density at radius 1 is 1.21 bits per heavy atom. The summed E-state index contributed by atoms with van der Waals surface area (Å²) >= 11 is 0. The van der Waals surface area contributed by atoms with Gasteiger partial charge in [-0.25, -0.2) is 9.48 Å². The molecule has 148 valence electrons. The van der Waals surface area contributed by atoms with Gasteiger partial charge in [-0.1, -0.05) is 0 Å². The number of amides is 1. The Labute approximate surface area is 157 Å². The third-order valence-electron chi connectivity index (χ3n) is 5.15. The third-order valence-corrected chi connectivity index (χ3v) is 5.15. The summed E-state index contributed by atoms with van der Waals surface area (Å²) in [5, 5.41) is 4.43. The zero-order valence-electron chi connectivity index (χ0n) is 15.0. The number of likely N-dealkylation sites (tertiary alicyclic amines) is 1. The molecule has 1 amide bonds. The lowest BCUT2D eigenvalue weighted by molar-refractivity contribution is -0.147. The summed E-state index contributed by atoms with van der Waals surface area (Å²) in [6, 6.07) is 6.79. The van der Waals surface area contributed by atoms with Crippen LogP contribution in [-0.2, 0) is 13.2 Å². The number of carbonyl (C=O) groups is 1. The molecule has 4 rings (SSSR count). The summed E-state index contributed by atoms with van der Waals surface area (Å²) in [5.74, 6) is -1.35. The van der Waals surface area contributed by atoms with Crippen LogP contribution in [0.1, 0.15) is 35.1 Å². The minimum Gasteiger partial charge on any atom is -0.361 e. The lowest BCUT2D eigenvalue weighted by atomic mass is 10.0. The van der Waals surface area contributed by atoms with Crippen LogP contribution in [0.2, 0.25) is 0 Å². The molecule has 0 saturated carbocycles. The zero-order chi connectivity index (χ0) is 20.1. The van der Waals surface area contributed by atoms with Crippen LogP contribution in [0.3, 0.4) is 0 Å². The number of H-pyrrole nitrogens is 1. The molecular weight excluding hydrogens is 375 g/mol. The number of carbonyl (C=O) groups excluding carboxylic acids is 1. The van der Waals surface area contributed by atoms with Crippen LogP contribution in [0.25, 0.3) is 10.9 Å². The Kier molecular flexibility index (Phi) is 4.28. The maximum absolute atomic E-state index is 13.0. The van der Waals surface area contributed by atoms with Gasteiger partial charge in [-0.05, 0) is 37.1 Å². The Balaban J connectivity index is 1.49. The second kappa shape index (κ2) is 6.54. The molecule has 1 fully saturated rings. The quantitative estimate of drug-likeness (QED) is 0.727. The molecule has 28 heavy (non-hydrogen) atoms. The fourth-order valence-corrected chi connectivity index (χ4v) is 3.62. The van der Waals surface area contributed by atoms with E-state index in [1.54, 1.807) is 23.2 Å². The number of halogens is 3. The van der Waals surface area contributed by atoms with Gasteiger partial charge >= 0.3 is 11.9 Å². The third kappa shape index (κ3) is 3.08. The Bertz CT molecular complexity index is 1090. The van der Waals surface area contributed by atoms with E-state index in [0.29, 0.717) is 36.1 Å². The highest BCUT2D eigenvalue weighted by Crippen LogP contribution is 2.28. The first-order valence-electron chi connectivity index (χ1n) is 8.85. The number of aromatic amines is 1. The first kappa shape index (κ1) is 18.3. The summed E-state index contributed by atoms with van der Waals surface area (Å²) in [6.45, 7) is 0.693. The lowest BCUT2D eigenvalue weighted by Gasteiger charge is -2.31. The molecule has 3 heterocycles. The SMILES string of the molecule is Cn1c(C(F)(F)F)nn(C2CCN(C(=O)c3ccc4[nH]ccc4c3)CC2)c1=O. The molecule has 1 aromatic carbocycles. The second-order valence-electron chi connectivity index (χ2n) is 6.91. The van der Waals surface area contributed by atoms with Crippen molar-refractivity contribution in [3.8, 4) is 0 Å². The smallest absolute Gasteiger partial charge is 0.361 e. The van der Waals surface area contributed by atoms with Gasteiger partial charge in [0.2, 0.25) is 5.82 Å². The Morgan fingerprint density at radius 2 is 1.93 bits per heavy atom.